The average Bonchev–Trinajstić information content (AvgIpc) is 3.12. The molecule has 0 unspecified atom stereocenters. The van der Waals surface area contributed by atoms with Gasteiger partial charge in [0.1, 0.15) is 0 Å². The lowest BCUT2D eigenvalue weighted by molar-refractivity contribution is 0.606. The highest BCUT2D eigenvalue weighted by molar-refractivity contribution is 8.04. The molecule has 2 heterocycles. The van der Waals surface area contributed by atoms with Gasteiger partial charge >= 0.3 is 0 Å². The van der Waals surface area contributed by atoms with Crippen molar-refractivity contribution in [3.05, 3.63) is 38.9 Å². The fourth-order valence-corrected chi connectivity index (χ4v) is 5.96. The smallest absolute Gasteiger partial charge is 0.204 e. The molecule has 2 nitrogen and oxygen atoms in total. The van der Waals surface area contributed by atoms with Crippen molar-refractivity contribution in [1.82, 2.24) is 0 Å². The standard InChI is InChI=1S/C20H30O2S2/c1-3-5-7-9-11-17-13-15-19(23-17)20-16-14-18(24(20,21)22)12-10-8-6-4-2/h13-16H,3-12H2,1-2H3. The second-order valence-electron chi connectivity index (χ2n) is 6.55. The van der Waals surface area contributed by atoms with Crippen LogP contribution in [0, 0.1) is 0 Å². The van der Waals surface area contributed by atoms with E-state index in [1.165, 1.54) is 43.4 Å². The maximum atomic E-state index is 12.7. The molecule has 1 aliphatic heterocycles. The molecule has 4 heteroatoms. The minimum Gasteiger partial charge on any atom is -0.219 e. The van der Waals surface area contributed by atoms with Crippen LogP contribution in [-0.2, 0) is 16.3 Å². The Bertz CT molecular complexity index is 678. The number of allylic oxidation sites excluding steroid dienone is 3. The fraction of sp³-hybridized carbons (Fsp3) is 0.600. The van der Waals surface area contributed by atoms with Gasteiger partial charge in [-0.3, -0.25) is 0 Å². The first-order valence-electron chi connectivity index (χ1n) is 9.34. The van der Waals surface area contributed by atoms with Crippen molar-refractivity contribution in [3.63, 3.8) is 0 Å². The molecule has 0 aromatic carbocycles. The van der Waals surface area contributed by atoms with E-state index >= 15 is 0 Å². The third-order valence-corrected chi connectivity index (χ3v) is 7.79. The van der Waals surface area contributed by atoms with Crippen LogP contribution in [0.4, 0.5) is 0 Å². The molecule has 0 N–H and O–H groups in total. The Morgan fingerprint density at radius 2 is 1.50 bits per heavy atom. The molecule has 0 aliphatic carbocycles. The van der Waals surface area contributed by atoms with E-state index in [1.807, 2.05) is 12.1 Å². The van der Waals surface area contributed by atoms with E-state index in [-0.39, 0.29) is 0 Å². The minimum absolute atomic E-state index is 0.512. The summed E-state index contributed by atoms with van der Waals surface area (Å²) in [6, 6.07) is 4.08. The van der Waals surface area contributed by atoms with Crippen LogP contribution in [0.25, 0.3) is 4.91 Å². The molecular weight excluding hydrogens is 336 g/mol. The predicted octanol–water partition coefficient (Wildman–Crippen LogP) is 6.49. The summed E-state index contributed by atoms with van der Waals surface area (Å²) in [6.07, 6.45) is 14.8. The Morgan fingerprint density at radius 3 is 2.17 bits per heavy atom. The van der Waals surface area contributed by atoms with Crippen LogP contribution in [0.2, 0.25) is 0 Å². The summed E-state index contributed by atoms with van der Waals surface area (Å²) >= 11 is 1.64. The molecule has 24 heavy (non-hydrogen) atoms. The van der Waals surface area contributed by atoms with Gasteiger partial charge in [0.2, 0.25) is 9.84 Å². The molecule has 2 rings (SSSR count). The molecule has 1 aliphatic rings. The van der Waals surface area contributed by atoms with E-state index in [2.05, 4.69) is 19.9 Å². The Labute approximate surface area is 151 Å². The summed E-state index contributed by atoms with van der Waals surface area (Å²) in [6.45, 7) is 4.38. The quantitative estimate of drug-likeness (QED) is 0.419. The third-order valence-electron chi connectivity index (χ3n) is 4.51. The molecule has 1 aromatic heterocycles. The van der Waals surface area contributed by atoms with Crippen molar-refractivity contribution >= 4 is 26.1 Å². The molecule has 0 saturated heterocycles. The minimum atomic E-state index is -3.25. The van der Waals surface area contributed by atoms with Gasteiger partial charge in [-0.2, -0.15) is 0 Å². The number of rotatable bonds is 11. The Morgan fingerprint density at radius 1 is 0.833 bits per heavy atom. The lowest BCUT2D eigenvalue weighted by Crippen LogP contribution is -2.02. The lowest BCUT2D eigenvalue weighted by Gasteiger charge is -2.06. The van der Waals surface area contributed by atoms with E-state index in [4.69, 9.17) is 0 Å². The van der Waals surface area contributed by atoms with Gasteiger partial charge in [0.05, 0.1) is 4.91 Å². The summed E-state index contributed by atoms with van der Waals surface area (Å²) in [5, 5.41) is 0. The monoisotopic (exact) mass is 366 g/mol. The van der Waals surface area contributed by atoms with E-state index in [0.29, 0.717) is 16.2 Å². The van der Waals surface area contributed by atoms with Crippen LogP contribution in [0.15, 0.2) is 29.2 Å². The van der Waals surface area contributed by atoms with Crippen molar-refractivity contribution in [2.45, 2.75) is 78.1 Å². The van der Waals surface area contributed by atoms with Crippen molar-refractivity contribution in [3.8, 4) is 0 Å². The number of thiophene rings is 1. The largest absolute Gasteiger partial charge is 0.219 e. The summed E-state index contributed by atoms with van der Waals surface area (Å²) < 4.78 is 25.5. The van der Waals surface area contributed by atoms with Gasteiger partial charge in [0.15, 0.2) is 0 Å². The molecule has 0 radical (unpaired) electrons. The first-order valence-corrected chi connectivity index (χ1v) is 11.6. The molecule has 0 fully saturated rings. The van der Waals surface area contributed by atoms with E-state index in [1.54, 1.807) is 17.4 Å². The van der Waals surface area contributed by atoms with Gasteiger partial charge in [-0.1, -0.05) is 52.4 Å². The van der Waals surface area contributed by atoms with Crippen LogP contribution in [0.3, 0.4) is 0 Å². The summed E-state index contributed by atoms with van der Waals surface area (Å²) in [5.74, 6) is 0. The van der Waals surface area contributed by atoms with Crippen molar-refractivity contribution in [1.29, 1.82) is 0 Å². The van der Waals surface area contributed by atoms with Crippen LogP contribution in [0.5, 0.6) is 0 Å². The van der Waals surface area contributed by atoms with Crippen LogP contribution >= 0.6 is 11.3 Å². The van der Waals surface area contributed by atoms with Crippen molar-refractivity contribution < 1.29 is 8.42 Å². The Kier molecular flexibility index (Phi) is 7.76. The number of aryl methyl sites for hydroxylation is 1. The normalized spacial score (nSPS) is 16.2. The highest BCUT2D eigenvalue weighted by Crippen LogP contribution is 2.38. The van der Waals surface area contributed by atoms with E-state index in [9.17, 15) is 8.42 Å². The van der Waals surface area contributed by atoms with Gasteiger partial charge in [-0.15, -0.1) is 11.3 Å². The zero-order valence-corrected chi connectivity index (χ0v) is 16.6. The highest BCUT2D eigenvalue weighted by atomic mass is 32.2. The maximum Gasteiger partial charge on any atom is 0.204 e. The van der Waals surface area contributed by atoms with Gasteiger partial charge < -0.3 is 0 Å². The third kappa shape index (κ3) is 5.06. The second kappa shape index (κ2) is 9.57. The summed E-state index contributed by atoms with van der Waals surface area (Å²) in [7, 11) is -3.25. The highest BCUT2D eigenvalue weighted by Gasteiger charge is 2.28. The maximum absolute atomic E-state index is 12.7. The van der Waals surface area contributed by atoms with Gasteiger partial charge in [0, 0.05) is 14.7 Å². The molecule has 0 saturated carbocycles. The number of sulfone groups is 1. The fourth-order valence-electron chi connectivity index (χ4n) is 3.02. The van der Waals surface area contributed by atoms with Gasteiger partial charge in [0.25, 0.3) is 0 Å². The number of hydrogen-bond donors (Lipinski definition) is 0. The number of hydrogen-bond acceptors (Lipinski definition) is 3. The SMILES string of the molecule is CCCCCCC1=CC=C(c2ccc(CCCCCC)s2)S1(=O)=O. The van der Waals surface area contributed by atoms with Gasteiger partial charge in [-0.05, 0) is 50.0 Å². The van der Waals surface area contributed by atoms with Crippen molar-refractivity contribution in [2.24, 2.45) is 0 Å². The van der Waals surface area contributed by atoms with Gasteiger partial charge in [-0.25, -0.2) is 8.42 Å². The molecule has 0 bridgehead atoms. The Hall–Kier alpha value is -0.870. The predicted molar refractivity (Wildman–Crippen MR) is 106 cm³/mol. The topological polar surface area (TPSA) is 34.1 Å². The molecule has 1 aromatic rings. The summed E-state index contributed by atoms with van der Waals surface area (Å²) in [4.78, 5) is 3.32. The zero-order valence-electron chi connectivity index (χ0n) is 15.0. The first-order chi connectivity index (χ1) is 11.6. The lowest BCUT2D eigenvalue weighted by atomic mass is 10.1. The molecule has 0 atom stereocenters. The molecule has 0 spiro atoms. The molecular formula is C20H30O2S2. The molecule has 0 amide bonds. The number of unbranched alkanes of at least 4 members (excludes halogenated alkanes) is 6. The van der Waals surface area contributed by atoms with Crippen LogP contribution in [0.1, 0.15) is 81.4 Å². The first kappa shape index (κ1) is 19.5. The second-order valence-corrected chi connectivity index (χ2v) is 9.69. The molecule has 134 valence electrons. The van der Waals surface area contributed by atoms with E-state index in [0.717, 1.165) is 24.1 Å². The van der Waals surface area contributed by atoms with Crippen LogP contribution in [-0.4, -0.2) is 8.42 Å². The zero-order chi connectivity index (χ0) is 17.4. The summed E-state index contributed by atoms with van der Waals surface area (Å²) in [5.41, 5.74) is 0. The van der Waals surface area contributed by atoms with Crippen LogP contribution < -0.4 is 0 Å². The van der Waals surface area contributed by atoms with E-state index < -0.39 is 9.84 Å². The average molecular weight is 367 g/mol. The van der Waals surface area contributed by atoms with Crippen molar-refractivity contribution in [2.75, 3.05) is 0 Å². The Balaban J connectivity index is 1.93.